The number of rotatable bonds is 7. The highest BCUT2D eigenvalue weighted by molar-refractivity contribution is 7.89. The molecule has 1 aliphatic rings. The van der Waals surface area contributed by atoms with Gasteiger partial charge in [0, 0.05) is 25.6 Å². The van der Waals surface area contributed by atoms with Crippen molar-refractivity contribution in [1.29, 1.82) is 0 Å². The molecule has 9 heteroatoms. The molecule has 4 aromatic rings. The standard InChI is InChI=1S/C32H38N4O4S/c1-7-36-28-12-11-27(22(5)31(28)33-34-36)30(23(6)32(37)38)24-10-9-21(4)26(16-24)18-35-17-20(3)15-25-14-19(2)8-13-29(25)41(35,39)40/h8-14,16,20,23,30H,7,15,17-18H2,1-6H3,(H,37,38)/t20-,23+,30-/m0/s1. The van der Waals surface area contributed by atoms with E-state index >= 15 is 0 Å². The van der Waals surface area contributed by atoms with E-state index in [0.717, 1.165) is 50.0 Å². The third-order valence-electron chi connectivity index (χ3n) is 8.50. The zero-order chi connectivity index (χ0) is 29.6. The first kappa shape index (κ1) is 29.0. The molecule has 3 aromatic carbocycles. The van der Waals surface area contributed by atoms with Crippen LogP contribution >= 0.6 is 0 Å². The Hall–Kier alpha value is -3.56. The zero-order valence-corrected chi connectivity index (χ0v) is 25.4. The number of benzene rings is 3. The smallest absolute Gasteiger partial charge is 0.307 e. The van der Waals surface area contributed by atoms with E-state index in [4.69, 9.17) is 0 Å². The minimum absolute atomic E-state index is 0.155. The number of aliphatic carboxylic acids is 1. The molecule has 41 heavy (non-hydrogen) atoms. The third-order valence-corrected chi connectivity index (χ3v) is 10.4. The summed E-state index contributed by atoms with van der Waals surface area (Å²) >= 11 is 0. The van der Waals surface area contributed by atoms with Gasteiger partial charge in [0.25, 0.3) is 0 Å². The average Bonchev–Trinajstić information content (AvgIpc) is 3.31. The molecule has 0 fully saturated rings. The van der Waals surface area contributed by atoms with Crippen molar-refractivity contribution in [2.75, 3.05) is 6.54 Å². The third kappa shape index (κ3) is 5.28. The summed E-state index contributed by atoms with van der Waals surface area (Å²) in [4.78, 5) is 12.7. The van der Waals surface area contributed by atoms with Gasteiger partial charge in [0.15, 0.2) is 0 Å². The summed E-state index contributed by atoms with van der Waals surface area (Å²) in [6, 6.07) is 15.4. The molecule has 5 rings (SSSR count). The molecule has 216 valence electrons. The second-order valence-electron chi connectivity index (χ2n) is 11.6. The number of carbonyl (C=O) groups is 1. The van der Waals surface area contributed by atoms with Crippen LogP contribution in [-0.2, 0) is 34.3 Å². The monoisotopic (exact) mass is 574 g/mol. The van der Waals surface area contributed by atoms with Crippen LogP contribution < -0.4 is 0 Å². The Bertz CT molecular complexity index is 1740. The minimum Gasteiger partial charge on any atom is -0.481 e. The fourth-order valence-electron chi connectivity index (χ4n) is 6.17. The second-order valence-corrected chi connectivity index (χ2v) is 13.5. The molecule has 0 radical (unpaired) electrons. The van der Waals surface area contributed by atoms with Gasteiger partial charge < -0.3 is 5.11 Å². The van der Waals surface area contributed by atoms with E-state index in [1.165, 1.54) is 0 Å². The SMILES string of the molecule is CCn1nnc2c(C)c([C@H](c3ccc(C)c(CN4C[C@@H](C)Cc5cc(C)ccc5S4(=O)=O)c3)[C@@H](C)C(=O)O)ccc21. The largest absolute Gasteiger partial charge is 0.481 e. The summed E-state index contributed by atoms with van der Waals surface area (Å²) in [6.07, 6.45) is 0.703. The van der Waals surface area contributed by atoms with Crippen molar-refractivity contribution in [2.24, 2.45) is 11.8 Å². The topological polar surface area (TPSA) is 105 Å². The van der Waals surface area contributed by atoms with Crippen molar-refractivity contribution in [3.63, 3.8) is 0 Å². The Morgan fingerprint density at radius 1 is 1.10 bits per heavy atom. The van der Waals surface area contributed by atoms with Crippen LogP contribution in [0.25, 0.3) is 11.0 Å². The first-order valence-corrected chi connectivity index (χ1v) is 15.6. The number of sulfonamides is 1. The lowest BCUT2D eigenvalue weighted by molar-refractivity contribution is -0.141. The van der Waals surface area contributed by atoms with Gasteiger partial charge in [0.1, 0.15) is 5.52 Å². The predicted octanol–water partition coefficient (Wildman–Crippen LogP) is 5.61. The molecular weight excluding hydrogens is 536 g/mol. The molecule has 0 saturated carbocycles. The molecule has 1 aromatic heterocycles. The fraction of sp³-hybridized carbons (Fsp3) is 0.406. The summed E-state index contributed by atoms with van der Waals surface area (Å²) < 4.78 is 31.1. The number of aromatic nitrogens is 3. The van der Waals surface area contributed by atoms with E-state index in [1.54, 1.807) is 17.3 Å². The molecule has 0 bridgehead atoms. The van der Waals surface area contributed by atoms with Crippen molar-refractivity contribution in [2.45, 2.75) is 71.9 Å². The lowest BCUT2D eigenvalue weighted by atomic mass is 9.79. The maximum Gasteiger partial charge on any atom is 0.307 e. The number of nitrogens with zero attached hydrogens (tertiary/aromatic N) is 4. The molecule has 0 saturated heterocycles. The van der Waals surface area contributed by atoms with E-state index in [0.29, 0.717) is 24.4 Å². The van der Waals surface area contributed by atoms with Gasteiger partial charge in [-0.05, 0) is 85.5 Å². The number of fused-ring (bicyclic) bond motifs is 2. The average molecular weight is 575 g/mol. The van der Waals surface area contributed by atoms with E-state index in [-0.39, 0.29) is 12.5 Å². The normalized spacial score (nSPS) is 18.5. The van der Waals surface area contributed by atoms with E-state index < -0.39 is 27.8 Å². The molecule has 0 aliphatic carbocycles. The first-order chi connectivity index (χ1) is 19.4. The maximum absolute atomic E-state index is 13.9. The molecule has 0 amide bonds. The van der Waals surface area contributed by atoms with Gasteiger partial charge in [-0.1, -0.05) is 61.0 Å². The van der Waals surface area contributed by atoms with Gasteiger partial charge in [0.05, 0.1) is 16.3 Å². The predicted molar refractivity (Wildman–Crippen MR) is 159 cm³/mol. The summed E-state index contributed by atoms with van der Waals surface area (Å²) in [5.74, 6) is -1.92. The lowest BCUT2D eigenvalue weighted by Crippen LogP contribution is -2.33. The Morgan fingerprint density at radius 3 is 2.56 bits per heavy atom. The van der Waals surface area contributed by atoms with Gasteiger partial charge in [-0.25, -0.2) is 13.1 Å². The summed E-state index contributed by atoms with van der Waals surface area (Å²) in [6.45, 7) is 13.1. The number of carboxylic acids is 1. The summed E-state index contributed by atoms with van der Waals surface area (Å²) in [5.41, 5.74) is 8.04. The summed E-state index contributed by atoms with van der Waals surface area (Å²) in [7, 11) is -3.71. The highest BCUT2D eigenvalue weighted by Gasteiger charge is 2.34. The number of hydrogen-bond acceptors (Lipinski definition) is 5. The van der Waals surface area contributed by atoms with Crippen LogP contribution in [0.4, 0.5) is 0 Å². The molecular formula is C32H38N4O4S. The van der Waals surface area contributed by atoms with Crippen LogP contribution in [0.15, 0.2) is 53.4 Å². The fourth-order valence-corrected chi connectivity index (χ4v) is 7.92. The molecule has 1 aliphatic heterocycles. The van der Waals surface area contributed by atoms with Crippen molar-refractivity contribution < 1.29 is 18.3 Å². The first-order valence-electron chi connectivity index (χ1n) is 14.2. The molecule has 3 atom stereocenters. The van der Waals surface area contributed by atoms with Crippen LogP contribution in [0.3, 0.4) is 0 Å². The summed E-state index contributed by atoms with van der Waals surface area (Å²) in [5, 5.41) is 18.8. The Labute approximate surface area is 242 Å². The van der Waals surface area contributed by atoms with Crippen molar-refractivity contribution in [1.82, 2.24) is 19.3 Å². The van der Waals surface area contributed by atoms with E-state index in [2.05, 4.69) is 17.2 Å². The number of aryl methyl sites for hydroxylation is 4. The van der Waals surface area contributed by atoms with Crippen LogP contribution in [0.1, 0.15) is 65.6 Å². The number of hydrogen-bond donors (Lipinski definition) is 1. The van der Waals surface area contributed by atoms with Gasteiger partial charge >= 0.3 is 5.97 Å². The Kier molecular flexibility index (Phi) is 7.78. The molecule has 1 N–H and O–H groups in total. The molecule has 0 unspecified atom stereocenters. The van der Waals surface area contributed by atoms with Crippen molar-refractivity contribution >= 4 is 27.0 Å². The minimum atomic E-state index is -3.71. The maximum atomic E-state index is 13.9. The van der Waals surface area contributed by atoms with Gasteiger partial charge in [-0.2, -0.15) is 4.31 Å². The van der Waals surface area contributed by atoms with Crippen LogP contribution in [0, 0.1) is 32.6 Å². The molecule has 2 heterocycles. The second kappa shape index (κ2) is 11.0. The lowest BCUT2D eigenvalue weighted by Gasteiger charge is -2.27. The van der Waals surface area contributed by atoms with E-state index in [9.17, 15) is 18.3 Å². The van der Waals surface area contributed by atoms with Gasteiger partial charge in [-0.15, -0.1) is 5.10 Å². The Morgan fingerprint density at radius 2 is 1.85 bits per heavy atom. The van der Waals surface area contributed by atoms with Crippen LogP contribution in [-0.4, -0.2) is 45.3 Å². The van der Waals surface area contributed by atoms with Crippen LogP contribution in [0.5, 0.6) is 0 Å². The van der Waals surface area contributed by atoms with Gasteiger partial charge in [0.2, 0.25) is 10.0 Å². The quantitative estimate of drug-likeness (QED) is 0.308. The van der Waals surface area contributed by atoms with Crippen molar-refractivity contribution in [3.05, 3.63) is 87.5 Å². The Balaban J connectivity index is 1.58. The molecule has 8 nitrogen and oxygen atoms in total. The molecule has 0 spiro atoms. The zero-order valence-electron chi connectivity index (χ0n) is 24.5. The van der Waals surface area contributed by atoms with E-state index in [1.807, 2.05) is 74.8 Å². The van der Waals surface area contributed by atoms with Crippen LogP contribution in [0.2, 0.25) is 0 Å². The van der Waals surface area contributed by atoms with Gasteiger partial charge in [-0.3, -0.25) is 4.79 Å². The highest BCUT2D eigenvalue weighted by Crippen LogP contribution is 2.38. The highest BCUT2D eigenvalue weighted by atomic mass is 32.2. The number of carboxylic acid groups (broad SMARTS) is 1. The van der Waals surface area contributed by atoms with Crippen molar-refractivity contribution in [3.8, 4) is 0 Å².